The van der Waals surface area contributed by atoms with Gasteiger partial charge in [0.25, 0.3) is 11.8 Å². The Labute approximate surface area is 328 Å². The molecule has 7 heterocycles. The van der Waals surface area contributed by atoms with E-state index in [0.717, 1.165) is 11.1 Å². The molecular weight excluding hydrogens is 749 g/mol. The van der Waals surface area contributed by atoms with E-state index < -0.39 is 23.9 Å². The summed E-state index contributed by atoms with van der Waals surface area (Å²) in [5.41, 5.74) is 15.4. The highest BCUT2D eigenvalue weighted by Crippen LogP contribution is 2.35. The van der Waals surface area contributed by atoms with Gasteiger partial charge in [-0.2, -0.15) is 0 Å². The molecule has 2 amide bonds. The number of nitrogen functional groups attached to an aromatic ring is 1. The topological polar surface area (TPSA) is 266 Å². The minimum Gasteiger partial charge on any atom is -0.443 e. The molecular formula is C40H36N10O8. The Kier molecular flexibility index (Phi) is 8.96. The van der Waals surface area contributed by atoms with E-state index in [9.17, 15) is 9.59 Å². The number of nitrogens with two attached hydrogens (primary N) is 2. The molecule has 2 aliphatic rings. The molecule has 0 saturated carbocycles. The summed E-state index contributed by atoms with van der Waals surface area (Å²) in [5.74, 6) is 1.05. The standard InChI is InChI=1S/C40H36N10O8/c1-17-29-37-45-27(15-53-37)33(51)43-26(14-22-7-11-24(42)12-8-22)36-48-32(20(4)56-36)40-50-30(18(2)58-40)38-46-28(16-54-38)34(52)44-25(13-21-5-9-23(41)10-6-21)35-47-31(19(3)55-35)39(49-29)57-17/h5-11,15-16,24-26H,12-14,41-42H2,1-4H3,(H,43,51)(H,44,52). The molecule has 1 aromatic carbocycles. The number of aryl methyl sites for hydroxylation is 4. The molecule has 1 aliphatic heterocycles. The number of anilines is 1. The number of fused-ring (bicyclic) bond motifs is 16. The number of nitrogens with zero attached hydrogens (tertiary/aromatic N) is 6. The highest BCUT2D eigenvalue weighted by atomic mass is 16.4. The second kappa shape index (κ2) is 14.3. The molecule has 6 aromatic heterocycles. The van der Waals surface area contributed by atoms with Crippen molar-refractivity contribution >= 4 is 17.5 Å². The van der Waals surface area contributed by atoms with Crippen LogP contribution in [0.5, 0.6) is 0 Å². The van der Waals surface area contributed by atoms with Gasteiger partial charge in [0.2, 0.25) is 35.3 Å². The maximum Gasteiger partial charge on any atom is 0.273 e. The first-order chi connectivity index (χ1) is 27.9. The van der Waals surface area contributed by atoms with E-state index in [1.807, 2.05) is 30.4 Å². The molecule has 6 N–H and O–H groups in total. The van der Waals surface area contributed by atoms with Crippen LogP contribution in [0, 0.1) is 27.7 Å². The van der Waals surface area contributed by atoms with Gasteiger partial charge in [-0.05, 0) is 57.4 Å². The van der Waals surface area contributed by atoms with Crippen LogP contribution >= 0.6 is 0 Å². The Balaban J connectivity index is 1.14. The molecule has 0 radical (unpaired) electrons. The fraction of sp³-hybridized carbons (Fsp3) is 0.250. The third kappa shape index (κ3) is 6.89. The summed E-state index contributed by atoms with van der Waals surface area (Å²) in [6.45, 7) is 6.78. The van der Waals surface area contributed by atoms with E-state index in [4.69, 9.17) is 47.9 Å². The molecule has 7 aromatic rings. The number of aromatic nitrogens is 6. The van der Waals surface area contributed by atoms with E-state index in [2.05, 4.69) is 30.6 Å². The van der Waals surface area contributed by atoms with Gasteiger partial charge in [-0.1, -0.05) is 30.4 Å². The Morgan fingerprint density at radius 3 is 1.62 bits per heavy atom. The number of carbonyl (C=O) groups is 2. The fourth-order valence-electron chi connectivity index (χ4n) is 6.72. The first-order valence-corrected chi connectivity index (χ1v) is 18.4. The van der Waals surface area contributed by atoms with Gasteiger partial charge >= 0.3 is 0 Å². The van der Waals surface area contributed by atoms with Gasteiger partial charge in [-0.3, -0.25) is 9.59 Å². The molecule has 58 heavy (non-hydrogen) atoms. The Morgan fingerprint density at radius 1 is 0.638 bits per heavy atom. The number of oxazole rings is 6. The molecule has 0 spiro atoms. The molecule has 18 nitrogen and oxygen atoms in total. The van der Waals surface area contributed by atoms with Crippen LogP contribution in [0.4, 0.5) is 5.69 Å². The van der Waals surface area contributed by atoms with Crippen molar-refractivity contribution in [2.24, 2.45) is 5.73 Å². The third-order valence-corrected chi connectivity index (χ3v) is 9.78. The molecule has 12 bridgehead atoms. The molecule has 294 valence electrons. The van der Waals surface area contributed by atoms with Gasteiger partial charge in [-0.25, -0.2) is 29.9 Å². The van der Waals surface area contributed by atoms with Crippen LogP contribution in [-0.4, -0.2) is 47.8 Å². The van der Waals surface area contributed by atoms with E-state index in [0.29, 0.717) is 47.3 Å². The highest BCUT2D eigenvalue weighted by molar-refractivity contribution is 5.93. The van der Waals surface area contributed by atoms with Crippen LogP contribution in [0.2, 0.25) is 0 Å². The number of rotatable bonds is 4. The molecule has 18 heteroatoms. The van der Waals surface area contributed by atoms with Gasteiger partial charge in [0.05, 0.1) is 0 Å². The molecule has 3 atom stereocenters. The zero-order valence-corrected chi connectivity index (χ0v) is 31.7. The lowest BCUT2D eigenvalue weighted by atomic mass is 9.98. The normalized spacial score (nSPS) is 18.1. The summed E-state index contributed by atoms with van der Waals surface area (Å²) >= 11 is 0. The average molecular weight is 785 g/mol. The number of hydrogen-bond acceptors (Lipinski definition) is 16. The lowest BCUT2D eigenvalue weighted by molar-refractivity contribution is 0.0917. The number of carbonyl (C=O) groups excluding carboxylic acids is 2. The van der Waals surface area contributed by atoms with Crippen LogP contribution in [0.15, 0.2) is 87.1 Å². The molecule has 0 fully saturated rings. The number of nitrogens with one attached hydrogen (secondary N) is 2. The summed E-state index contributed by atoms with van der Waals surface area (Å²) in [5, 5.41) is 5.98. The van der Waals surface area contributed by atoms with Crippen molar-refractivity contribution < 1.29 is 36.1 Å². The van der Waals surface area contributed by atoms with Crippen LogP contribution in [0.3, 0.4) is 0 Å². The van der Waals surface area contributed by atoms with Crippen molar-refractivity contribution in [3.05, 3.63) is 112 Å². The number of amides is 2. The van der Waals surface area contributed by atoms with Crippen molar-refractivity contribution in [1.29, 1.82) is 0 Å². The largest absolute Gasteiger partial charge is 0.443 e. The zero-order chi connectivity index (χ0) is 40.2. The second-order valence-electron chi connectivity index (χ2n) is 14.1. The van der Waals surface area contributed by atoms with E-state index in [1.165, 1.54) is 12.5 Å². The number of hydrogen-bond donors (Lipinski definition) is 4. The lowest BCUT2D eigenvalue weighted by Crippen LogP contribution is -2.30. The SMILES string of the molecule is Cc1oc2nc1-c1nc(co1)C(=O)NC(Cc1ccc(N)cc1)c1nc(c(C)o1)-c1nc(c(C)o1)-c1nc(co1)C(=O)NC(CC1=CCC(N)C=C1)c1nc-2c(C)o1. The van der Waals surface area contributed by atoms with Crippen molar-refractivity contribution in [2.45, 2.75) is 65.1 Å². The molecule has 3 unspecified atom stereocenters. The minimum absolute atomic E-state index is 0.0171. The predicted octanol–water partition coefficient (Wildman–Crippen LogP) is 6.20. The Bertz CT molecular complexity index is 2760. The molecule has 9 rings (SSSR count). The Morgan fingerprint density at radius 2 is 1.12 bits per heavy atom. The highest BCUT2D eigenvalue weighted by Gasteiger charge is 2.31. The smallest absolute Gasteiger partial charge is 0.273 e. The summed E-state index contributed by atoms with van der Waals surface area (Å²) in [7, 11) is 0. The number of allylic oxidation sites excluding steroid dienone is 1. The van der Waals surface area contributed by atoms with Crippen LogP contribution in [-0.2, 0) is 6.42 Å². The van der Waals surface area contributed by atoms with E-state index in [1.54, 1.807) is 39.8 Å². The maximum atomic E-state index is 13.8. The summed E-state index contributed by atoms with van der Waals surface area (Å²) in [6.07, 6.45) is 9.52. The van der Waals surface area contributed by atoms with Crippen molar-refractivity contribution in [3.63, 3.8) is 0 Å². The minimum atomic E-state index is -0.783. The van der Waals surface area contributed by atoms with Crippen molar-refractivity contribution in [1.82, 2.24) is 40.5 Å². The van der Waals surface area contributed by atoms with Crippen molar-refractivity contribution in [2.75, 3.05) is 5.73 Å². The van der Waals surface area contributed by atoms with Gasteiger partial charge in [0.15, 0.2) is 34.2 Å². The van der Waals surface area contributed by atoms with Crippen LogP contribution in [0.1, 0.15) is 86.3 Å². The van der Waals surface area contributed by atoms with Crippen LogP contribution < -0.4 is 22.1 Å². The summed E-state index contributed by atoms with van der Waals surface area (Å²) < 4.78 is 35.9. The van der Waals surface area contributed by atoms with Gasteiger partial charge in [0, 0.05) is 24.6 Å². The molecule has 0 saturated heterocycles. The van der Waals surface area contributed by atoms with Gasteiger partial charge in [-0.15, -0.1) is 0 Å². The first kappa shape index (κ1) is 36.3. The van der Waals surface area contributed by atoms with Crippen LogP contribution in [0.25, 0.3) is 46.3 Å². The van der Waals surface area contributed by atoms with Gasteiger partial charge in [0.1, 0.15) is 47.7 Å². The Hall–Kier alpha value is -7.34. The van der Waals surface area contributed by atoms with Gasteiger partial charge < -0.3 is 48.6 Å². The monoisotopic (exact) mass is 784 g/mol. The van der Waals surface area contributed by atoms with E-state index in [-0.39, 0.29) is 76.3 Å². The summed E-state index contributed by atoms with van der Waals surface area (Å²) in [6, 6.07) is 5.58. The predicted molar refractivity (Wildman–Crippen MR) is 203 cm³/mol. The zero-order valence-electron chi connectivity index (χ0n) is 31.7. The van der Waals surface area contributed by atoms with Crippen molar-refractivity contribution in [3.8, 4) is 46.3 Å². The van der Waals surface area contributed by atoms with E-state index >= 15 is 0 Å². The first-order valence-electron chi connectivity index (χ1n) is 18.4. The lowest BCUT2D eigenvalue weighted by Gasteiger charge is -2.18. The number of benzene rings is 1. The average Bonchev–Trinajstić information content (AvgIpc) is 4.06. The second-order valence-corrected chi connectivity index (χ2v) is 14.1. The quantitative estimate of drug-likeness (QED) is 0.145. The third-order valence-electron chi connectivity index (χ3n) is 9.78. The summed E-state index contributed by atoms with van der Waals surface area (Å²) in [4.78, 5) is 55.3. The molecule has 1 aliphatic carbocycles. The maximum absolute atomic E-state index is 13.8. The fourth-order valence-corrected chi connectivity index (χ4v) is 6.72.